The second-order valence-corrected chi connectivity index (χ2v) is 2.91. The van der Waals surface area contributed by atoms with Gasteiger partial charge in [0.25, 0.3) is 0 Å². The molecule has 2 nitrogen and oxygen atoms in total. The zero-order valence-electron chi connectivity index (χ0n) is 6.64. The van der Waals surface area contributed by atoms with E-state index in [-0.39, 0.29) is 0 Å². The molecule has 11 heavy (non-hydrogen) atoms. The van der Waals surface area contributed by atoms with Gasteiger partial charge in [-0.3, -0.25) is 0 Å². The van der Waals surface area contributed by atoms with E-state index in [1.54, 1.807) is 0 Å². The van der Waals surface area contributed by atoms with Gasteiger partial charge in [-0.05, 0) is 13.3 Å². The quantitative estimate of drug-likeness (QED) is 0.363. The normalized spacial score (nSPS) is 12.1. The van der Waals surface area contributed by atoms with E-state index in [4.69, 9.17) is 21.6 Å². The van der Waals surface area contributed by atoms with Gasteiger partial charge in [0.05, 0.1) is 19.3 Å². The van der Waals surface area contributed by atoms with Crippen LogP contribution in [0.15, 0.2) is 12.2 Å². The first-order valence-corrected chi connectivity index (χ1v) is 3.86. The van der Waals surface area contributed by atoms with E-state index in [2.05, 4.69) is 6.58 Å². The lowest BCUT2D eigenvalue weighted by atomic mass is 10.3. The van der Waals surface area contributed by atoms with Crippen LogP contribution < -0.4 is 0 Å². The molecule has 0 bridgehead atoms. The molecular formula is C8H12ClNO. The summed E-state index contributed by atoms with van der Waals surface area (Å²) in [6.07, 6.45) is 0.828. The molecule has 1 unspecified atom stereocenters. The van der Waals surface area contributed by atoms with Crippen LogP contribution in [0.5, 0.6) is 0 Å². The van der Waals surface area contributed by atoms with Crippen LogP contribution in [0.4, 0.5) is 0 Å². The first-order chi connectivity index (χ1) is 5.16. The molecule has 0 amide bonds. The molecule has 3 heteroatoms. The Kier molecular flexibility index (Phi) is 5.91. The van der Waals surface area contributed by atoms with Gasteiger partial charge in [0.15, 0.2) is 0 Å². The van der Waals surface area contributed by atoms with Crippen molar-refractivity contribution < 1.29 is 4.74 Å². The lowest BCUT2D eigenvalue weighted by molar-refractivity contribution is 0.144. The van der Waals surface area contributed by atoms with Gasteiger partial charge in [-0.15, -0.1) is 18.2 Å². The highest BCUT2D eigenvalue weighted by molar-refractivity contribution is 6.22. The summed E-state index contributed by atoms with van der Waals surface area (Å²) in [7, 11) is 0. The molecule has 0 fully saturated rings. The van der Waals surface area contributed by atoms with Gasteiger partial charge in [-0.25, -0.2) is 0 Å². The second-order valence-electron chi connectivity index (χ2n) is 2.38. The van der Waals surface area contributed by atoms with Crippen molar-refractivity contribution in [2.75, 3.05) is 13.2 Å². The van der Waals surface area contributed by atoms with Gasteiger partial charge in [0, 0.05) is 0 Å². The van der Waals surface area contributed by atoms with Crippen molar-refractivity contribution in [2.45, 2.75) is 18.7 Å². The van der Waals surface area contributed by atoms with Crippen LogP contribution in [0.1, 0.15) is 13.3 Å². The van der Waals surface area contributed by atoms with Crippen LogP contribution in [-0.2, 0) is 4.74 Å². The third-order valence-electron chi connectivity index (χ3n) is 1.08. The molecule has 0 saturated heterocycles. The van der Waals surface area contributed by atoms with Crippen LogP contribution >= 0.6 is 11.6 Å². The van der Waals surface area contributed by atoms with Crippen molar-refractivity contribution in [3.05, 3.63) is 12.2 Å². The highest BCUT2D eigenvalue weighted by atomic mass is 35.5. The van der Waals surface area contributed by atoms with E-state index in [9.17, 15) is 0 Å². The number of nitriles is 1. The van der Waals surface area contributed by atoms with Crippen LogP contribution in [0.2, 0.25) is 0 Å². The Morgan fingerprint density at radius 2 is 2.45 bits per heavy atom. The third kappa shape index (κ3) is 7.38. The molecule has 1 atom stereocenters. The molecule has 0 aliphatic heterocycles. The summed E-state index contributed by atoms with van der Waals surface area (Å²) in [4.78, 5) is 0. The highest BCUT2D eigenvalue weighted by Crippen LogP contribution is 1.98. The third-order valence-corrected chi connectivity index (χ3v) is 1.30. The van der Waals surface area contributed by atoms with Gasteiger partial charge in [0.2, 0.25) is 0 Å². The Hall–Kier alpha value is -0.520. The van der Waals surface area contributed by atoms with E-state index in [1.807, 2.05) is 13.0 Å². The average molecular weight is 174 g/mol. The van der Waals surface area contributed by atoms with Gasteiger partial charge in [0.1, 0.15) is 5.38 Å². The van der Waals surface area contributed by atoms with Crippen molar-refractivity contribution >= 4 is 11.6 Å². The minimum atomic E-state index is -0.528. The van der Waals surface area contributed by atoms with E-state index < -0.39 is 5.38 Å². The molecule has 0 spiro atoms. The van der Waals surface area contributed by atoms with Crippen molar-refractivity contribution in [2.24, 2.45) is 0 Å². The molecule has 0 aromatic heterocycles. The molecule has 0 aromatic carbocycles. The maximum absolute atomic E-state index is 8.26. The molecule has 62 valence electrons. The van der Waals surface area contributed by atoms with Crippen molar-refractivity contribution in [3.8, 4) is 6.07 Å². The largest absolute Gasteiger partial charge is 0.378 e. The van der Waals surface area contributed by atoms with E-state index in [0.29, 0.717) is 13.2 Å². The monoisotopic (exact) mass is 173 g/mol. The molecular weight excluding hydrogens is 162 g/mol. The van der Waals surface area contributed by atoms with Crippen molar-refractivity contribution in [3.63, 3.8) is 0 Å². The molecule has 0 rings (SSSR count). The minimum absolute atomic E-state index is 0.297. The number of hydrogen-bond acceptors (Lipinski definition) is 2. The zero-order chi connectivity index (χ0) is 8.69. The van der Waals surface area contributed by atoms with Crippen molar-refractivity contribution in [1.82, 2.24) is 0 Å². The Balaban J connectivity index is 3.16. The Morgan fingerprint density at radius 1 is 1.82 bits per heavy atom. The molecule has 0 saturated carbocycles. The number of ether oxygens (including phenoxy) is 1. The summed E-state index contributed by atoms with van der Waals surface area (Å²) < 4.78 is 5.08. The van der Waals surface area contributed by atoms with Gasteiger partial charge >= 0.3 is 0 Å². The summed E-state index contributed by atoms with van der Waals surface area (Å²) in [5.74, 6) is 0. The molecule has 0 radical (unpaired) electrons. The lowest BCUT2D eigenvalue weighted by Gasteiger charge is -2.02. The second kappa shape index (κ2) is 6.21. The van der Waals surface area contributed by atoms with E-state index in [1.165, 1.54) is 0 Å². The maximum Gasteiger partial charge on any atom is 0.143 e. The Labute approximate surface area is 72.4 Å². The molecule has 0 aromatic rings. The summed E-state index contributed by atoms with van der Waals surface area (Å²) >= 11 is 5.47. The smallest absolute Gasteiger partial charge is 0.143 e. The molecule has 0 heterocycles. The van der Waals surface area contributed by atoms with E-state index in [0.717, 1.165) is 12.0 Å². The minimum Gasteiger partial charge on any atom is -0.378 e. The lowest BCUT2D eigenvalue weighted by Crippen LogP contribution is -2.07. The summed E-state index contributed by atoms with van der Waals surface area (Å²) in [6, 6.07) is 1.87. The standard InChI is InChI=1S/C8H12ClNO/c1-7(2)3-4-11-6-8(9)5-10/h8H,1,3-4,6H2,2H3. The molecule has 0 N–H and O–H groups in total. The highest BCUT2D eigenvalue weighted by Gasteiger charge is 2.00. The predicted octanol–water partition coefficient (Wildman–Crippen LogP) is 2.10. The first-order valence-electron chi connectivity index (χ1n) is 3.42. The van der Waals surface area contributed by atoms with E-state index >= 15 is 0 Å². The van der Waals surface area contributed by atoms with Gasteiger partial charge < -0.3 is 4.74 Å². The predicted molar refractivity (Wildman–Crippen MR) is 45.5 cm³/mol. The zero-order valence-corrected chi connectivity index (χ0v) is 7.40. The number of alkyl halides is 1. The topological polar surface area (TPSA) is 33.0 Å². The fourth-order valence-electron chi connectivity index (χ4n) is 0.470. The van der Waals surface area contributed by atoms with Gasteiger partial charge in [-0.1, -0.05) is 5.57 Å². The first kappa shape index (κ1) is 10.5. The van der Waals surface area contributed by atoms with Crippen LogP contribution in [0.3, 0.4) is 0 Å². The number of hydrogen-bond donors (Lipinski definition) is 0. The van der Waals surface area contributed by atoms with Crippen molar-refractivity contribution in [1.29, 1.82) is 5.26 Å². The maximum atomic E-state index is 8.26. The fraction of sp³-hybridized carbons (Fsp3) is 0.625. The summed E-state index contributed by atoms with van der Waals surface area (Å²) in [5.41, 5.74) is 1.08. The fourth-order valence-corrected chi connectivity index (χ4v) is 0.560. The average Bonchev–Trinajstić information content (AvgIpc) is 1.97. The molecule has 0 aliphatic rings. The Bertz CT molecular complexity index is 162. The van der Waals surface area contributed by atoms with Gasteiger partial charge in [-0.2, -0.15) is 5.26 Å². The van der Waals surface area contributed by atoms with Crippen LogP contribution in [0.25, 0.3) is 0 Å². The number of halogens is 1. The van der Waals surface area contributed by atoms with Crippen LogP contribution in [-0.4, -0.2) is 18.6 Å². The summed E-state index contributed by atoms with van der Waals surface area (Å²) in [6.45, 7) is 6.54. The SMILES string of the molecule is C=C(C)CCOCC(Cl)C#N. The number of rotatable bonds is 5. The summed E-state index contributed by atoms with van der Waals surface area (Å²) in [5, 5.41) is 7.74. The number of nitrogens with zero attached hydrogens (tertiary/aromatic N) is 1. The van der Waals surface area contributed by atoms with Crippen LogP contribution in [0, 0.1) is 11.3 Å². The molecule has 0 aliphatic carbocycles. The Morgan fingerprint density at radius 3 is 2.91 bits per heavy atom.